The van der Waals surface area contributed by atoms with E-state index in [4.69, 9.17) is 4.74 Å². The fraction of sp³-hybridized carbons (Fsp3) is 0.684. The zero-order valence-corrected chi connectivity index (χ0v) is 14.0. The summed E-state index contributed by atoms with van der Waals surface area (Å²) in [5, 5.41) is 3.34. The number of amides is 1. The number of hydrogen-bond acceptors (Lipinski definition) is 3. The molecule has 0 spiro atoms. The molecule has 4 nitrogen and oxygen atoms in total. The van der Waals surface area contributed by atoms with E-state index in [1.165, 1.54) is 25.7 Å². The van der Waals surface area contributed by atoms with E-state index < -0.39 is 0 Å². The highest BCUT2D eigenvalue weighted by atomic mass is 16.5. The van der Waals surface area contributed by atoms with Crippen molar-refractivity contribution in [2.75, 3.05) is 6.61 Å². The van der Waals surface area contributed by atoms with Gasteiger partial charge in [0.15, 0.2) is 0 Å². The van der Waals surface area contributed by atoms with Crippen LogP contribution in [0.5, 0.6) is 0 Å². The third kappa shape index (κ3) is 2.67. The number of pyridine rings is 1. The normalized spacial score (nSPS) is 33.3. The van der Waals surface area contributed by atoms with Gasteiger partial charge >= 0.3 is 0 Å². The Morgan fingerprint density at radius 3 is 2.57 bits per heavy atom. The molecule has 0 radical (unpaired) electrons. The van der Waals surface area contributed by atoms with Crippen LogP contribution in [0.3, 0.4) is 0 Å². The minimum Gasteiger partial charge on any atom is -0.377 e. The van der Waals surface area contributed by atoms with E-state index in [0.717, 1.165) is 35.9 Å². The summed E-state index contributed by atoms with van der Waals surface area (Å²) >= 11 is 0. The summed E-state index contributed by atoms with van der Waals surface area (Å²) in [7, 11) is 0. The lowest BCUT2D eigenvalue weighted by molar-refractivity contribution is -0.0784. The Balaban J connectivity index is 1.50. The second kappa shape index (κ2) is 5.90. The molecule has 4 rings (SSSR count). The van der Waals surface area contributed by atoms with Gasteiger partial charge in [0.25, 0.3) is 5.91 Å². The molecule has 2 heterocycles. The molecule has 1 aromatic heterocycles. The van der Waals surface area contributed by atoms with Crippen LogP contribution in [0.15, 0.2) is 12.1 Å². The summed E-state index contributed by atoms with van der Waals surface area (Å²) in [6.45, 7) is 4.74. The fourth-order valence-electron chi connectivity index (χ4n) is 5.06. The third-order valence-electron chi connectivity index (χ3n) is 6.02. The van der Waals surface area contributed by atoms with E-state index in [1.807, 2.05) is 26.0 Å². The van der Waals surface area contributed by atoms with Gasteiger partial charge in [-0.2, -0.15) is 0 Å². The molecule has 1 aliphatic heterocycles. The minimum atomic E-state index is 0.0527. The van der Waals surface area contributed by atoms with Gasteiger partial charge in [-0.1, -0.05) is 25.7 Å². The van der Waals surface area contributed by atoms with Crippen molar-refractivity contribution in [1.82, 2.24) is 10.3 Å². The first kappa shape index (κ1) is 15.1. The summed E-state index contributed by atoms with van der Waals surface area (Å²) in [6, 6.07) is 4.06. The quantitative estimate of drug-likeness (QED) is 0.933. The van der Waals surface area contributed by atoms with Gasteiger partial charge in [0.1, 0.15) is 0 Å². The third-order valence-corrected chi connectivity index (χ3v) is 6.02. The summed E-state index contributed by atoms with van der Waals surface area (Å²) in [4.78, 5) is 17.1. The highest BCUT2D eigenvalue weighted by molar-refractivity contribution is 5.94. The number of hydrogen-bond donors (Lipinski definition) is 1. The first-order valence-electron chi connectivity index (χ1n) is 9.01. The smallest absolute Gasteiger partial charge is 0.251 e. The average molecular weight is 314 g/mol. The van der Waals surface area contributed by atoms with Crippen molar-refractivity contribution in [1.29, 1.82) is 0 Å². The average Bonchev–Trinajstić information content (AvgIpc) is 3.14. The topological polar surface area (TPSA) is 51.2 Å². The number of aryl methyl sites for hydroxylation is 2. The molecule has 23 heavy (non-hydrogen) atoms. The fourth-order valence-corrected chi connectivity index (χ4v) is 5.06. The van der Waals surface area contributed by atoms with E-state index in [9.17, 15) is 4.79 Å². The van der Waals surface area contributed by atoms with E-state index in [0.29, 0.717) is 24.0 Å². The molecule has 1 N–H and O–H groups in total. The minimum absolute atomic E-state index is 0.0527. The van der Waals surface area contributed by atoms with Crippen molar-refractivity contribution in [2.45, 2.75) is 58.1 Å². The highest BCUT2D eigenvalue weighted by Gasteiger charge is 2.57. The van der Waals surface area contributed by atoms with Crippen molar-refractivity contribution in [2.24, 2.45) is 17.8 Å². The van der Waals surface area contributed by atoms with Gasteiger partial charge in [-0.05, 0) is 38.3 Å². The zero-order chi connectivity index (χ0) is 16.0. The summed E-state index contributed by atoms with van der Waals surface area (Å²) in [5.41, 5.74) is 2.54. The van der Waals surface area contributed by atoms with Crippen LogP contribution >= 0.6 is 0 Å². The van der Waals surface area contributed by atoms with Crippen LogP contribution in [-0.2, 0) is 4.74 Å². The first-order valence-corrected chi connectivity index (χ1v) is 9.01. The number of nitrogens with one attached hydrogen (secondary N) is 1. The molecule has 3 aliphatic rings. The number of ether oxygens (including phenoxy) is 1. The molecule has 3 fully saturated rings. The van der Waals surface area contributed by atoms with Gasteiger partial charge < -0.3 is 10.1 Å². The van der Waals surface area contributed by atoms with Crippen LogP contribution in [0.25, 0.3) is 0 Å². The Morgan fingerprint density at radius 1 is 1.17 bits per heavy atom. The number of rotatable bonds is 3. The molecule has 0 bridgehead atoms. The molecule has 4 heteroatoms. The van der Waals surface area contributed by atoms with Crippen molar-refractivity contribution >= 4 is 5.91 Å². The Labute approximate surface area is 138 Å². The maximum absolute atomic E-state index is 12.7. The van der Waals surface area contributed by atoms with Crippen molar-refractivity contribution in [3.05, 3.63) is 29.1 Å². The lowest BCUT2D eigenvalue weighted by Gasteiger charge is -2.50. The molecule has 1 aromatic rings. The van der Waals surface area contributed by atoms with Crippen molar-refractivity contribution < 1.29 is 9.53 Å². The highest BCUT2D eigenvalue weighted by Crippen LogP contribution is 2.51. The molecule has 0 unspecified atom stereocenters. The van der Waals surface area contributed by atoms with Gasteiger partial charge in [0, 0.05) is 41.4 Å². The second-order valence-electron chi connectivity index (χ2n) is 7.55. The maximum atomic E-state index is 12.7. The van der Waals surface area contributed by atoms with Gasteiger partial charge in [-0.15, -0.1) is 0 Å². The Hall–Kier alpha value is -1.42. The lowest BCUT2D eigenvalue weighted by atomic mass is 9.61. The molecular weight excluding hydrogens is 288 g/mol. The molecule has 0 aromatic carbocycles. The molecule has 124 valence electrons. The molecule has 1 amide bonds. The number of fused-ring (bicyclic) bond motifs is 1. The Morgan fingerprint density at radius 2 is 1.87 bits per heavy atom. The van der Waals surface area contributed by atoms with Gasteiger partial charge in [0.05, 0.1) is 6.10 Å². The SMILES string of the molecule is Cc1cc(C(=O)N[C@@H]2[C@@H]3CCO[C@@H]3[C@@H]2C2CCCC2)cc(C)n1. The zero-order valence-electron chi connectivity index (χ0n) is 14.0. The standard InChI is InChI=1S/C19H26N2O2/c1-11-9-14(10-12(2)20-11)19(22)21-17-15-7-8-23-18(15)16(17)13-5-3-4-6-13/h9-10,13,15-18H,3-8H2,1-2H3,(H,21,22)/t15-,16+,17+,18-/m0/s1. The molecule has 1 saturated heterocycles. The van der Waals surface area contributed by atoms with E-state index >= 15 is 0 Å². The summed E-state index contributed by atoms with van der Waals surface area (Å²) < 4.78 is 5.97. The Bertz CT molecular complexity index is 584. The summed E-state index contributed by atoms with van der Waals surface area (Å²) in [5.74, 6) is 1.84. The van der Waals surface area contributed by atoms with E-state index in [2.05, 4.69) is 10.3 Å². The lowest BCUT2D eigenvalue weighted by Crippen LogP contribution is -2.63. The molecular formula is C19H26N2O2. The number of carbonyl (C=O) groups excluding carboxylic acids is 1. The van der Waals surface area contributed by atoms with Crippen LogP contribution in [0, 0.1) is 31.6 Å². The van der Waals surface area contributed by atoms with Crippen LogP contribution in [0.1, 0.15) is 53.8 Å². The van der Waals surface area contributed by atoms with Crippen LogP contribution < -0.4 is 5.32 Å². The summed E-state index contributed by atoms with van der Waals surface area (Å²) in [6.07, 6.45) is 6.76. The second-order valence-corrected chi connectivity index (χ2v) is 7.55. The van der Waals surface area contributed by atoms with Gasteiger partial charge in [-0.3, -0.25) is 9.78 Å². The van der Waals surface area contributed by atoms with Crippen molar-refractivity contribution in [3.63, 3.8) is 0 Å². The number of carbonyl (C=O) groups is 1. The first-order chi connectivity index (χ1) is 11.1. The molecule has 4 atom stereocenters. The van der Waals surface area contributed by atoms with Gasteiger partial charge in [0.2, 0.25) is 0 Å². The van der Waals surface area contributed by atoms with Crippen LogP contribution in [0.4, 0.5) is 0 Å². The largest absolute Gasteiger partial charge is 0.377 e. The van der Waals surface area contributed by atoms with E-state index in [-0.39, 0.29) is 5.91 Å². The number of nitrogens with zero attached hydrogens (tertiary/aromatic N) is 1. The van der Waals surface area contributed by atoms with Crippen LogP contribution in [0.2, 0.25) is 0 Å². The van der Waals surface area contributed by atoms with Crippen LogP contribution in [-0.4, -0.2) is 29.6 Å². The monoisotopic (exact) mass is 314 g/mol. The maximum Gasteiger partial charge on any atom is 0.251 e. The van der Waals surface area contributed by atoms with Crippen molar-refractivity contribution in [3.8, 4) is 0 Å². The molecule has 2 saturated carbocycles. The van der Waals surface area contributed by atoms with E-state index in [1.54, 1.807) is 0 Å². The van der Waals surface area contributed by atoms with Gasteiger partial charge in [-0.25, -0.2) is 0 Å². The molecule has 2 aliphatic carbocycles. The number of aromatic nitrogens is 1. The predicted molar refractivity (Wildman–Crippen MR) is 88.3 cm³/mol. The Kier molecular flexibility index (Phi) is 3.88. The predicted octanol–water partition coefficient (Wildman–Crippen LogP) is 3.02.